The molecule has 0 atom stereocenters. The number of benzene rings is 2. The zero-order valence-electron chi connectivity index (χ0n) is 17.9. The number of carbonyl (C=O) groups is 1. The summed E-state index contributed by atoms with van der Waals surface area (Å²) in [5, 5.41) is 19.3. The number of halogens is 1. The zero-order valence-corrected chi connectivity index (χ0v) is 17.9. The van der Waals surface area contributed by atoms with Gasteiger partial charge in [-0.25, -0.2) is 13.8 Å². The van der Waals surface area contributed by atoms with Crippen LogP contribution in [0, 0.1) is 5.82 Å². The van der Waals surface area contributed by atoms with Gasteiger partial charge in [0.2, 0.25) is 0 Å². The summed E-state index contributed by atoms with van der Waals surface area (Å²) < 4.78 is 19.5. The fourth-order valence-electron chi connectivity index (χ4n) is 3.91. The molecule has 0 aliphatic heterocycles. The molecule has 34 heavy (non-hydrogen) atoms. The number of rotatable bonds is 6. The van der Waals surface area contributed by atoms with E-state index in [1.807, 2.05) is 35.0 Å². The second-order valence-corrected chi connectivity index (χ2v) is 8.05. The van der Waals surface area contributed by atoms with Crippen molar-refractivity contribution in [2.75, 3.05) is 5.32 Å². The van der Waals surface area contributed by atoms with Gasteiger partial charge < -0.3 is 9.88 Å². The van der Waals surface area contributed by atoms with Gasteiger partial charge in [-0.1, -0.05) is 24.3 Å². The van der Waals surface area contributed by atoms with Crippen LogP contribution in [0.2, 0.25) is 0 Å². The van der Waals surface area contributed by atoms with Crippen molar-refractivity contribution in [3.63, 3.8) is 0 Å². The molecule has 0 radical (unpaired) electrons. The molecule has 0 spiro atoms. The van der Waals surface area contributed by atoms with Crippen molar-refractivity contribution < 1.29 is 9.18 Å². The largest absolute Gasteiger partial charge is 0.322 e. The first-order chi connectivity index (χ1) is 16.7. The Morgan fingerprint density at radius 2 is 1.85 bits per heavy atom. The molecule has 1 amide bonds. The van der Waals surface area contributed by atoms with Gasteiger partial charge in [0.1, 0.15) is 17.1 Å². The number of aromatic nitrogens is 7. The maximum Gasteiger partial charge on any atom is 0.261 e. The predicted octanol–water partition coefficient (Wildman–Crippen LogP) is 4.04. The summed E-state index contributed by atoms with van der Waals surface area (Å²) in [6.45, 7) is 0. The van der Waals surface area contributed by atoms with E-state index in [-0.39, 0.29) is 11.6 Å². The summed E-state index contributed by atoms with van der Waals surface area (Å²) in [6, 6.07) is 17.7. The summed E-state index contributed by atoms with van der Waals surface area (Å²) >= 11 is 0. The second kappa shape index (κ2) is 8.07. The molecule has 1 saturated carbocycles. The summed E-state index contributed by atoms with van der Waals surface area (Å²) in [6.07, 6.45) is 7.12. The van der Waals surface area contributed by atoms with Gasteiger partial charge in [0.05, 0.1) is 12.2 Å². The Hall–Kier alpha value is -4.60. The summed E-state index contributed by atoms with van der Waals surface area (Å²) in [4.78, 5) is 13.3. The van der Waals surface area contributed by atoms with Crippen LogP contribution in [0.3, 0.4) is 0 Å². The molecule has 3 aromatic heterocycles. The topological polar surface area (TPSA) is 95.5 Å². The normalized spacial score (nSPS) is 13.2. The number of hydrogen-bond donors (Lipinski definition) is 1. The number of para-hydroxylation sites is 1. The van der Waals surface area contributed by atoms with Crippen LogP contribution in [0.5, 0.6) is 0 Å². The van der Waals surface area contributed by atoms with E-state index in [0.29, 0.717) is 28.9 Å². The maximum atomic E-state index is 14.5. The van der Waals surface area contributed by atoms with Crippen LogP contribution < -0.4 is 5.32 Å². The lowest BCUT2D eigenvalue weighted by atomic mass is 10.1. The Bertz CT molecular complexity index is 1480. The second-order valence-electron chi connectivity index (χ2n) is 8.05. The molecule has 1 aliphatic rings. The van der Waals surface area contributed by atoms with Crippen molar-refractivity contribution >= 4 is 11.6 Å². The van der Waals surface area contributed by atoms with E-state index in [2.05, 4.69) is 25.9 Å². The number of tetrazole rings is 1. The van der Waals surface area contributed by atoms with Gasteiger partial charge in [0.25, 0.3) is 5.91 Å². The number of carbonyl (C=O) groups excluding carboxylic acids is 1. The highest BCUT2D eigenvalue weighted by Crippen LogP contribution is 2.36. The van der Waals surface area contributed by atoms with Gasteiger partial charge in [0.15, 0.2) is 11.6 Å². The van der Waals surface area contributed by atoms with Crippen LogP contribution in [-0.4, -0.2) is 40.5 Å². The van der Waals surface area contributed by atoms with E-state index in [0.717, 1.165) is 18.4 Å². The lowest BCUT2D eigenvalue weighted by Gasteiger charge is -2.12. The van der Waals surface area contributed by atoms with Gasteiger partial charge in [0, 0.05) is 23.6 Å². The number of nitrogens with one attached hydrogen (secondary N) is 1. The van der Waals surface area contributed by atoms with E-state index in [1.54, 1.807) is 41.2 Å². The SMILES string of the molecule is O=C(Nc1cccc(-c2nnnn2C2CC2)c1)c1cnn(-c2ccccc2F)c1-n1cccc1. The number of hydrogen-bond acceptors (Lipinski definition) is 5. The fraction of sp³-hybridized carbons (Fsp3) is 0.125. The average molecular weight is 454 g/mol. The molecule has 1 N–H and O–H groups in total. The van der Waals surface area contributed by atoms with Crippen LogP contribution in [0.4, 0.5) is 10.1 Å². The van der Waals surface area contributed by atoms with Gasteiger partial charge in [-0.2, -0.15) is 5.10 Å². The highest BCUT2D eigenvalue weighted by molar-refractivity contribution is 6.06. The van der Waals surface area contributed by atoms with Gasteiger partial charge in [-0.3, -0.25) is 4.79 Å². The molecule has 1 aliphatic carbocycles. The van der Waals surface area contributed by atoms with Crippen molar-refractivity contribution in [1.82, 2.24) is 34.6 Å². The minimum Gasteiger partial charge on any atom is -0.322 e. The lowest BCUT2D eigenvalue weighted by Crippen LogP contribution is -2.15. The molecule has 9 nitrogen and oxygen atoms in total. The lowest BCUT2D eigenvalue weighted by molar-refractivity contribution is 0.102. The summed E-state index contributed by atoms with van der Waals surface area (Å²) in [5.41, 5.74) is 1.94. The Kier molecular flexibility index (Phi) is 4.76. The average Bonchev–Trinajstić information content (AvgIpc) is 3.23. The Balaban J connectivity index is 1.35. The van der Waals surface area contributed by atoms with Crippen LogP contribution in [-0.2, 0) is 0 Å². The molecular formula is C24H19FN8O. The standard InChI is InChI=1S/C24H19FN8O/c25-20-8-1-2-9-21(20)33-24(31-12-3-4-13-31)19(15-26-33)23(34)27-17-7-5-6-16(14-17)22-28-29-30-32(22)18-10-11-18/h1-9,12-15,18H,10-11H2,(H,27,34). The molecule has 5 aromatic rings. The molecule has 2 aromatic carbocycles. The van der Waals surface area contributed by atoms with Crippen LogP contribution >= 0.6 is 0 Å². The number of nitrogens with zero attached hydrogens (tertiary/aromatic N) is 7. The minimum absolute atomic E-state index is 0.249. The molecule has 0 saturated heterocycles. The van der Waals surface area contributed by atoms with Gasteiger partial charge in [-0.05, 0) is 59.7 Å². The summed E-state index contributed by atoms with van der Waals surface area (Å²) in [7, 11) is 0. The molecule has 0 unspecified atom stereocenters. The quantitative estimate of drug-likeness (QED) is 0.418. The first kappa shape index (κ1) is 20.0. The highest BCUT2D eigenvalue weighted by atomic mass is 19.1. The molecule has 168 valence electrons. The Labute approximate surface area is 193 Å². The molecular weight excluding hydrogens is 435 g/mol. The van der Waals surface area contributed by atoms with Crippen molar-refractivity contribution in [1.29, 1.82) is 0 Å². The maximum absolute atomic E-state index is 14.5. The molecule has 3 heterocycles. The fourth-order valence-corrected chi connectivity index (χ4v) is 3.91. The van der Waals surface area contributed by atoms with E-state index in [9.17, 15) is 9.18 Å². The van der Waals surface area contributed by atoms with Crippen molar-refractivity contribution in [3.05, 3.63) is 90.6 Å². The monoisotopic (exact) mass is 454 g/mol. The third kappa shape index (κ3) is 3.54. The Morgan fingerprint density at radius 3 is 2.65 bits per heavy atom. The van der Waals surface area contributed by atoms with E-state index >= 15 is 0 Å². The number of amides is 1. The summed E-state index contributed by atoms with van der Waals surface area (Å²) in [5.74, 6) is 0.290. The minimum atomic E-state index is -0.438. The van der Waals surface area contributed by atoms with E-state index < -0.39 is 5.82 Å². The highest BCUT2D eigenvalue weighted by Gasteiger charge is 2.28. The third-order valence-corrected chi connectivity index (χ3v) is 5.68. The van der Waals surface area contributed by atoms with Gasteiger partial charge >= 0.3 is 0 Å². The van der Waals surface area contributed by atoms with E-state index in [1.165, 1.54) is 16.9 Å². The van der Waals surface area contributed by atoms with Crippen LogP contribution in [0.15, 0.2) is 79.3 Å². The Morgan fingerprint density at radius 1 is 1.03 bits per heavy atom. The van der Waals surface area contributed by atoms with E-state index in [4.69, 9.17) is 0 Å². The van der Waals surface area contributed by atoms with Crippen LogP contribution in [0.1, 0.15) is 29.2 Å². The third-order valence-electron chi connectivity index (χ3n) is 5.68. The molecule has 10 heteroatoms. The predicted molar refractivity (Wildman–Crippen MR) is 122 cm³/mol. The first-order valence-corrected chi connectivity index (χ1v) is 10.8. The van der Waals surface area contributed by atoms with Crippen molar-refractivity contribution in [3.8, 4) is 22.9 Å². The molecule has 0 bridgehead atoms. The van der Waals surface area contributed by atoms with Crippen LogP contribution in [0.25, 0.3) is 22.9 Å². The molecule has 6 rings (SSSR count). The molecule has 1 fully saturated rings. The van der Waals surface area contributed by atoms with Gasteiger partial charge in [-0.15, -0.1) is 5.10 Å². The zero-order chi connectivity index (χ0) is 23.1. The first-order valence-electron chi connectivity index (χ1n) is 10.8. The number of anilines is 1. The smallest absolute Gasteiger partial charge is 0.261 e. The van der Waals surface area contributed by atoms with Crippen molar-refractivity contribution in [2.45, 2.75) is 18.9 Å². The van der Waals surface area contributed by atoms with Crippen molar-refractivity contribution in [2.24, 2.45) is 0 Å².